The van der Waals surface area contributed by atoms with Crippen LogP contribution in [0.3, 0.4) is 0 Å². The van der Waals surface area contributed by atoms with Gasteiger partial charge in [-0.1, -0.05) is 81.7 Å². The predicted octanol–water partition coefficient (Wildman–Crippen LogP) is 5.30. The average Bonchev–Trinajstić information content (AvgIpc) is 2.53. The van der Waals surface area contributed by atoms with Gasteiger partial charge in [-0.15, -0.1) is 0 Å². The fourth-order valence-corrected chi connectivity index (χ4v) is 1.43. The van der Waals surface area contributed by atoms with Crippen LogP contribution >= 0.6 is 0 Å². The Morgan fingerprint density at radius 1 is 0.667 bits per heavy atom. The van der Waals surface area contributed by atoms with Crippen LogP contribution in [0.4, 0.5) is 0 Å². The van der Waals surface area contributed by atoms with Crippen LogP contribution in [0.1, 0.15) is 52.4 Å². The Kier molecular flexibility index (Phi) is 20.6. The summed E-state index contributed by atoms with van der Waals surface area (Å²) in [5, 5.41) is 16.4. The predicted molar refractivity (Wildman–Crippen MR) is 100 cm³/mol. The summed E-state index contributed by atoms with van der Waals surface area (Å²) in [6.45, 7) is 4.27. The number of carbonyl (C=O) groups is 2. The van der Waals surface area contributed by atoms with Gasteiger partial charge in [-0.2, -0.15) is 0 Å². The first kappa shape index (κ1) is 23.9. The van der Waals surface area contributed by atoms with Crippen LogP contribution < -0.4 is 0 Å². The van der Waals surface area contributed by atoms with Crippen molar-refractivity contribution in [3.05, 3.63) is 60.8 Å². The molecule has 134 valence electrons. The van der Waals surface area contributed by atoms with Crippen LogP contribution in [-0.4, -0.2) is 22.2 Å². The molecule has 0 unspecified atom stereocenters. The molecule has 0 rings (SSSR count). The molecule has 4 heteroatoms. The van der Waals surface area contributed by atoms with E-state index in [1.54, 1.807) is 18.2 Å². The summed E-state index contributed by atoms with van der Waals surface area (Å²) >= 11 is 0. The van der Waals surface area contributed by atoms with Crippen molar-refractivity contribution in [1.82, 2.24) is 0 Å². The van der Waals surface area contributed by atoms with Crippen molar-refractivity contribution in [3.63, 3.8) is 0 Å². The molecule has 0 aliphatic carbocycles. The minimum atomic E-state index is -0.919. The third kappa shape index (κ3) is 27.9. The summed E-state index contributed by atoms with van der Waals surface area (Å²) in [7, 11) is 0. The quantitative estimate of drug-likeness (QED) is 0.305. The van der Waals surface area contributed by atoms with Crippen LogP contribution in [0.2, 0.25) is 0 Å². The van der Waals surface area contributed by atoms with Crippen LogP contribution in [0.25, 0.3) is 0 Å². The van der Waals surface area contributed by atoms with Crippen molar-refractivity contribution < 1.29 is 19.8 Å². The molecule has 0 aliphatic rings. The maximum absolute atomic E-state index is 10.0. The first-order valence-corrected chi connectivity index (χ1v) is 8.33. The van der Waals surface area contributed by atoms with Crippen LogP contribution in [-0.2, 0) is 9.59 Å². The van der Waals surface area contributed by atoms with Crippen molar-refractivity contribution in [3.8, 4) is 0 Å². The molecule has 0 aromatic heterocycles. The summed E-state index contributed by atoms with van der Waals surface area (Å²) in [6, 6.07) is 0. The smallest absolute Gasteiger partial charge is 0.328 e. The van der Waals surface area contributed by atoms with Gasteiger partial charge in [0.25, 0.3) is 0 Å². The lowest BCUT2D eigenvalue weighted by Crippen LogP contribution is -1.84. The SMILES string of the molecule is CCCCC/C=C\C=C/C(=O)O.CCC\C=C/C=C\C=C\C(=O)O. The maximum Gasteiger partial charge on any atom is 0.328 e. The van der Waals surface area contributed by atoms with E-state index < -0.39 is 11.9 Å². The molecule has 0 radical (unpaired) electrons. The maximum atomic E-state index is 10.0. The number of carboxylic acid groups (broad SMARTS) is 2. The lowest BCUT2D eigenvalue weighted by atomic mass is 10.2. The van der Waals surface area contributed by atoms with Gasteiger partial charge < -0.3 is 10.2 Å². The van der Waals surface area contributed by atoms with Crippen LogP contribution in [0.5, 0.6) is 0 Å². The van der Waals surface area contributed by atoms with E-state index in [1.807, 2.05) is 24.3 Å². The summed E-state index contributed by atoms with van der Waals surface area (Å²) in [4.78, 5) is 20.0. The number of hydrogen-bond donors (Lipinski definition) is 2. The first-order valence-electron chi connectivity index (χ1n) is 8.33. The van der Waals surface area contributed by atoms with Gasteiger partial charge in [-0.05, 0) is 19.3 Å². The van der Waals surface area contributed by atoms with E-state index in [0.29, 0.717) is 0 Å². The summed E-state index contributed by atoms with van der Waals surface area (Å²) < 4.78 is 0. The van der Waals surface area contributed by atoms with Gasteiger partial charge in [-0.25, -0.2) is 9.59 Å². The first-order chi connectivity index (χ1) is 11.5. The standard InChI is InChI=1S/C10H16O2.C10H14O2/c2*1-2-3-4-5-6-7-8-9-10(11)12/h6-9H,2-5H2,1H3,(H,11,12);4-9H,2-3H2,1H3,(H,11,12)/b7-6-,9-8-;5-4-,7-6-,9-8+. The molecule has 0 bridgehead atoms. The van der Waals surface area contributed by atoms with E-state index in [9.17, 15) is 9.59 Å². The summed E-state index contributed by atoms with van der Waals surface area (Å²) in [6.07, 6.45) is 23.4. The highest BCUT2D eigenvalue weighted by Crippen LogP contribution is 1.99. The topological polar surface area (TPSA) is 74.6 Å². The van der Waals surface area contributed by atoms with Crippen LogP contribution in [0.15, 0.2) is 60.8 Å². The normalized spacial score (nSPS) is 11.8. The number of rotatable bonds is 11. The fraction of sp³-hybridized carbons (Fsp3) is 0.400. The molecule has 0 heterocycles. The minimum absolute atomic E-state index is 0.895. The molecule has 4 nitrogen and oxygen atoms in total. The van der Waals surface area contributed by atoms with E-state index in [2.05, 4.69) is 13.8 Å². The summed E-state index contributed by atoms with van der Waals surface area (Å²) in [5.41, 5.74) is 0. The molecule has 0 aliphatic heterocycles. The molecule has 0 aromatic rings. The molecule has 0 fully saturated rings. The molecule has 0 saturated heterocycles. The fourth-order valence-electron chi connectivity index (χ4n) is 1.43. The second-order valence-electron chi connectivity index (χ2n) is 4.92. The number of allylic oxidation sites excluding steroid dienone is 8. The Bertz CT molecular complexity index is 454. The average molecular weight is 334 g/mol. The molecule has 24 heavy (non-hydrogen) atoms. The van der Waals surface area contributed by atoms with Crippen molar-refractivity contribution in [2.24, 2.45) is 0 Å². The Hall–Kier alpha value is -2.36. The summed E-state index contributed by atoms with van der Waals surface area (Å²) in [5.74, 6) is -1.81. The Balaban J connectivity index is 0. The van der Waals surface area contributed by atoms with Gasteiger partial charge in [0, 0.05) is 12.2 Å². The zero-order chi connectivity index (χ0) is 18.5. The van der Waals surface area contributed by atoms with E-state index in [1.165, 1.54) is 25.3 Å². The zero-order valence-electron chi connectivity index (χ0n) is 14.7. The Morgan fingerprint density at radius 3 is 1.71 bits per heavy atom. The molecule has 0 saturated carbocycles. The highest BCUT2D eigenvalue weighted by atomic mass is 16.4. The lowest BCUT2D eigenvalue weighted by Gasteiger charge is -1.89. The van der Waals surface area contributed by atoms with Gasteiger partial charge in [0.1, 0.15) is 0 Å². The van der Waals surface area contributed by atoms with Gasteiger partial charge >= 0.3 is 11.9 Å². The molecule has 0 atom stereocenters. The molecular formula is C20H30O4. The molecular weight excluding hydrogens is 304 g/mol. The highest BCUT2D eigenvalue weighted by Gasteiger charge is 1.82. The number of carboxylic acids is 2. The van der Waals surface area contributed by atoms with Crippen molar-refractivity contribution in [2.75, 3.05) is 0 Å². The van der Waals surface area contributed by atoms with E-state index in [4.69, 9.17) is 10.2 Å². The van der Waals surface area contributed by atoms with Crippen molar-refractivity contribution in [2.45, 2.75) is 52.4 Å². The minimum Gasteiger partial charge on any atom is -0.478 e. The molecule has 0 spiro atoms. The van der Waals surface area contributed by atoms with Crippen molar-refractivity contribution in [1.29, 1.82) is 0 Å². The highest BCUT2D eigenvalue weighted by molar-refractivity contribution is 5.80. The van der Waals surface area contributed by atoms with Crippen molar-refractivity contribution >= 4 is 11.9 Å². The number of hydrogen-bond acceptors (Lipinski definition) is 2. The lowest BCUT2D eigenvalue weighted by molar-refractivity contribution is -0.132. The van der Waals surface area contributed by atoms with E-state index in [-0.39, 0.29) is 0 Å². The number of unbranched alkanes of at least 4 members (excludes halogenated alkanes) is 4. The Morgan fingerprint density at radius 2 is 1.17 bits per heavy atom. The Labute approximate surface area is 145 Å². The number of aliphatic carboxylic acids is 2. The second-order valence-corrected chi connectivity index (χ2v) is 4.92. The van der Waals surface area contributed by atoms with Crippen LogP contribution in [0, 0.1) is 0 Å². The van der Waals surface area contributed by atoms with Gasteiger partial charge in [-0.3, -0.25) is 0 Å². The third-order valence-corrected chi connectivity index (χ3v) is 2.62. The molecule has 0 aromatic carbocycles. The zero-order valence-corrected chi connectivity index (χ0v) is 14.7. The van der Waals surface area contributed by atoms with E-state index >= 15 is 0 Å². The molecule has 0 amide bonds. The third-order valence-electron chi connectivity index (χ3n) is 2.62. The largest absolute Gasteiger partial charge is 0.478 e. The van der Waals surface area contributed by atoms with Gasteiger partial charge in [0.2, 0.25) is 0 Å². The van der Waals surface area contributed by atoms with Gasteiger partial charge in [0.05, 0.1) is 0 Å². The van der Waals surface area contributed by atoms with Gasteiger partial charge in [0.15, 0.2) is 0 Å². The van der Waals surface area contributed by atoms with E-state index in [0.717, 1.165) is 31.4 Å². The monoisotopic (exact) mass is 334 g/mol. The molecule has 2 N–H and O–H groups in total. The second kappa shape index (κ2) is 20.6.